The van der Waals surface area contributed by atoms with E-state index in [4.69, 9.17) is 10.00 Å². The molecule has 0 bridgehead atoms. The van der Waals surface area contributed by atoms with E-state index >= 15 is 0 Å². The van der Waals surface area contributed by atoms with E-state index < -0.39 is 38.2 Å². The van der Waals surface area contributed by atoms with Gasteiger partial charge in [-0.1, -0.05) is 0 Å². The fourth-order valence-corrected chi connectivity index (χ4v) is 4.70. The first-order valence-electron chi connectivity index (χ1n) is 6.64. The molecule has 132 valence electrons. The molecular formula is C15H9BrF3NO4S. The molecule has 0 saturated heterocycles. The third kappa shape index (κ3) is 2.68. The SMILES string of the molecule is N#Cc1cc(F)cc(Oc2ccc3c(c2Br)[C@@H](O)C(F)(F)S3(O)O)c1. The second-order valence-corrected chi connectivity index (χ2v) is 8.07. The molecule has 0 amide bonds. The topological polar surface area (TPSA) is 93.7 Å². The lowest BCUT2D eigenvalue weighted by Gasteiger charge is -2.34. The van der Waals surface area contributed by atoms with Crippen LogP contribution in [0.5, 0.6) is 11.5 Å². The van der Waals surface area contributed by atoms with Gasteiger partial charge < -0.3 is 9.84 Å². The highest BCUT2D eigenvalue weighted by molar-refractivity contribution is 9.10. The first kappa shape index (κ1) is 18.0. The van der Waals surface area contributed by atoms with E-state index in [1.165, 1.54) is 12.1 Å². The summed E-state index contributed by atoms with van der Waals surface area (Å²) in [6.45, 7) is 0. The third-order valence-corrected chi connectivity index (χ3v) is 6.38. The van der Waals surface area contributed by atoms with Gasteiger partial charge in [-0.05, 0) is 40.2 Å². The van der Waals surface area contributed by atoms with Crippen LogP contribution >= 0.6 is 26.5 Å². The molecule has 1 atom stereocenters. The van der Waals surface area contributed by atoms with Crippen LogP contribution in [0.15, 0.2) is 39.7 Å². The Kier molecular flexibility index (Phi) is 4.25. The predicted octanol–water partition coefficient (Wildman–Crippen LogP) is 5.00. The standard InChI is InChI=1S/C15H9BrF3NO4S/c16-13-10(24-9-4-7(6-20)3-8(17)5-9)1-2-11-12(13)14(21)15(18,19)25(11,22)23/h1-5,14,21-23H/t14-/m1/s1. The van der Waals surface area contributed by atoms with Crippen molar-refractivity contribution in [3.05, 3.63) is 51.7 Å². The van der Waals surface area contributed by atoms with E-state index in [9.17, 15) is 27.4 Å². The minimum Gasteiger partial charge on any atom is -0.456 e. The largest absolute Gasteiger partial charge is 0.456 e. The van der Waals surface area contributed by atoms with E-state index in [0.29, 0.717) is 0 Å². The first-order chi connectivity index (χ1) is 11.6. The Morgan fingerprint density at radius 2 is 1.92 bits per heavy atom. The summed E-state index contributed by atoms with van der Waals surface area (Å²) in [6.07, 6.45) is -2.45. The smallest absolute Gasteiger partial charge is 0.371 e. The predicted molar refractivity (Wildman–Crippen MR) is 86.4 cm³/mol. The summed E-state index contributed by atoms with van der Waals surface area (Å²) in [5, 5.41) is 14.5. The van der Waals surface area contributed by atoms with Gasteiger partial charge in [-0.15, -0.1) is 10.6 Å². The van der Waals surface area contributed by atoms with Crippen LogP contribution < -0.4 is 4.74 Å². The van der Waals surface area contributed by atoms with Crippen molar-refractivity contribution in [2.24, 2.45) is 0 Å². The van der Waals surface area contributed by atoms with Crippen molar-refractivity contribution in [3.8, 4) is 17.6 Å². The Morgan fingerprint density at radius 3 is 2.56 bits per heavy atom. The Bertz CT molecular complexity index is 916. The second kappa shape index (κ2) is 5.89. The number of halogens is 4. The molecule has 1 aliphatic rings. The van der Waals surface area contributed by atoms with Crippen LogP contribution in [0.3, 0.4) is 0 Å². The van der Waals surface area contributed by atoms with Gasteiger partial charge in [0.05, 0.1) is 21.0 Å². The Hall–Kier alpha value is -1.77. The average molecular weight is 436 g/mol. The molecular weight excluding hydrogens is 427 g/mol. The molecule has 0 radical (unpaired) electrons. The van der Waals surface area contributed by atoms with Crippen molar-refractivity contribution in [2.75, 3.05) is 0 Å². The molecule has 0 unspecified atom stereocenters. The highest BCUT2D eigenvalue weighted by atomic mass is 79.9. The summed E-state index contributed by atoms with van der Waals surface area (Å²) in [7, 11) is -4.53. The fourth-order valence-electron chi connectivity index (χ4n) is 2.42. The van der Waals surface area contributed by atoms with E-state index in [-0.39, 0.29) is 21.5 Å². The van der Waals surface area contributed by atoms with E-state index in [0.717, 1.165) is 18.2 Å². The van der Waals surface area contributed by atoms with Crippen molar-refractivity contribution in [2.45, 2.75) is 16.3 Å². The van der Waals surface area contributed by atoms with Gasteiger partial charge in [0.15, 0.2) is 6.10 Å². The number of ether oxygens (including phenoxy) is 1. The molecule has 3 rings (SSSR count). The quantitative estimate of drug-likeness (QED) is 0.616. The monoisotopic (exact) mass is 435 g/mol. The second-order valence-electron chi connectivity index (χ2n) is 5.19. The van der Waals surface area contributed by atoms with Gasteiger partial charge in [0.25, 0.3) is 0 Å². The van der Waals surface area contributed by atoms with Gasteiger partial charge in [-0.2, -0.15) is 14.0 Å². The molecule has 25 heavy (non-hydrogen) atoms. The van der Waals surface area contributed by atoms with Crippen molar-refractivity contribution in [1.29, 1.82) is 5.26 Å². The number of rotatable bonds is 2. The minimum absolute atomic E-state index is 0.00646. The molecule has 2 aromatic rings. The Balaban J connectivity index is 2.07. The summed E-state index contributed by atoms with van der Waals surface area (Å²) in [6, 6.07) is 7.13. The zero-order valence-electron chi connectivity index (χ0n) is 12.1. The summed E-state index contributed by atoms with van der Waals surface area (Å²) in [4.78, 5) is -0.499. The molecule has 0 spiro atoms. The average Bonchev–Trinajstić information content (AvgIpc) is 2.67. The zero-order chi connectivity index (χ0) is 18.6. The van der Waals surface area contributed by atoms with Crippen molar-refractivity contribution >= 4 is 26.5 Å². The van der Waals surface area contributed by atoms with Gasteiger partial charge >= 0.3 is 5.25 Å². The Labute approximate surface area is 149 Å². The maximum atomic E-state index is 13.9. The lowest BCUT2D eigenvalue weighted by molar-refractivity contribution is -0.0436. The Morgan fingerprint density at radius 1 is 1.24 bits per heavy atom. The number of aliphatic hydroxyl groups excluding tert-OH is 1. The third-order valence-electron chi connectivity index (χ3n) is 3.61. The van der Waals surface area contributed by atoms with Gasteiger partial charge in [-0.25, -0.2) is 4.39 Å². The summed E-state index contributed by atoms with van der Waals surface area (Å²) < 4.78 is 66.1. The van der Waals surface area contributed by atoms with Gasteiger partial charge in [0.2, 0.25) is 0 Å². The van der Waals surface area contributed by atoms with Crippen LogP contribution in [0.25, 0.3) is 0 Å². The molecule has 5 nitrogen and oxygen atoms in total. The first-order valence-corrected chi connectivity index (χ1v) is 8.98. The number of fused-ring (bicyclic) bond motifs is 1. The van der Waals surface area contributed by atoms with Crippen LogP contribution in [-0.4, -0.2) is 19.5 Å². The van der Waals surface area contributed by atoms with E-state index in [2.05, 4.69) is 15.9 Å². The molecule has 0 aromatic heterocycles. The van der Waals surface area contributed by atoms with Crippen molar-refractivity contribution in [3.63, 3.8) is 0 Å². The number of nitriles is 1. The number of alkyl halides is 2. The molecule has 10 heteroatoms. The minimum atomic E-state index is -4.53. The van der Waals surface area contributed by atoms with E-state index in [1.807, 2.05) is 0 Å². The molecule has 1 aliphatic heterocycles. The van der Waals surface area contributed by atoms with Crippen LogP contribution in [-0.2, 0) is 0 Å². The lowest BCUT2D eigenvalue weighted by atomic mass is 10.1. The van der Waals surface area contributed by atoms with Gasteiger partial charge in [0, 0.05) is 11.6 Å². The maximum absolute atomic E-state index is 13.9. The number of hydrogen-bond acceptors (Lipinski definition) is 5. The molecule has 0 fully saturated rings. The zero-order valence-corrected chi connectivity index (χ0v) is 14.5. The normalized spacial score (nSPS) is 21.3. The molecule has 3 N–H and O–H groups in total. The van der Waals surface area contributed by atoms with Crippen LogP contribution in [0.1, 0.15) is 17.2 Å². The fraction of sp³-hybridized carbons (Fsp3) is 0.133. The maximum Gasteiger partial charge on any atom is 0.371 e. The number of benzene rings is 2. The highest BCUT2D eigenvalue weighted by Gasteiger charge is 2.61. The van der Waals surface area contributed by atoms with Crippen molar-refractivity contribution < 1.29 is 32.1 Å². The molecule has 0 aliphatic carbocycles. The summed E-state index contributed by atoms with van der Waals surface area (Å²) in [5.41, 5.74) is -0.424. The van der Waals surface area contributed by atoms with Gasteiger partial charge in [-0.3, -0.25) is 9.11 Å². The number of aliphatic hydroxyl groups is 1. The molecule has 2 aromatic carbocycles. The molecule has 0 saturated carbocycles. The van der Waals surface area contributed by atoms with Crippen LogP contribution in [0.4, 0.5) is 13.2 Å². The van der Waals surface area contributed by atoms with Crippen molar-refractivity contribution in [1.82, 2.24) is 0 Å². The van der Waals surface area contributed by atoms with Crippen LogP contribution in [0, 0.1) is 17.1 Å². The number of nitrogens with zero attached hydrogens (tertiary/aromatic N) is 1. The van der Waals surface area contributed by atoms with E-state index in [1.54, 1.807) is 6.07 Å². The number of hydrogen-bond donors (Lipinski definition) is 3. The summed E-state index contributed by atoms with van der Waals surface area (Å²) >= 11 is 3.00. The lowest BCUT2D eigenvalue weighted by Crippen LogP contribution is -2.26. The molecule has 1 heterocycles. The summed E-state index contributed by atoms with van der Waals surface area (Å²) in [5.74, 6) is -0.865. The van der Waals surface area contributed by atoms with Gasteiger partial charge in [0.1, 0.15) is 17.3 Å². The van der Waals surface area contributed by atoms with Crippen LogP contribution in [0.2, 0.25) is 0 Å². The highest BCUT2D eigenvalue weighted by Crippen LogP contribution is 2.73.